The minimum atomic E-state index is -0.155. The number of carbonyl (C=O) groups excluding carboxylic acids is 1. The Kier molecular flexibility index (Phi) is 4.89. The predicted molar refractivity (Wildman–Crippen MR) is 80.3 cm³/mol. The molecule has 110 valence electrons. The fourth-order valence-electron chi connectivity index (χ4n) is 2.61. The van der Waals surface area contributed by atoms with Crippen LogP contribution in [0.5, 0.6) is 5.75 Å². The second kappa shape index (κ2) is 6.46. The minimum Gasteiger partial charge on any atom is -0.507 e. The van der Waals surface area contributed by atoms with Crippen LogP contribution in [-0.2, 0) is 0 Å². The van der Waals surface area contributed by atoms with E-state index in [2.05, 4.69) is 11.9 Å². The van der Waals surface area contributed by atoms with E-state index in [4.69, 9.17) is 11.6 Å². The van der Waals surface area contributed by atoms with Crippen molar-refractivity contribution in [3.05, 3.63) is 28.8 Å². The van der Waals surface area contributed by atoms with E-state index in [1.165, 1.54) is 6.07 Å². The first-order valence-electron chi connectivity index (χ1n) is 6.90. The number of hydrogen-bond donors (Lipinski definition) is 1. The molecule has 2 rings (SSSR count). The van der Waals surface area contributed by atoms with Crippen LogP contribution in [0.15, 0.2) is 18.2 Å². The van der Waals surface area contributed by atoms with Gasteiger partial charge in [-0.2, -0.15) is 0 Å². The number of benzene rings is 1. The van der Waals surface area contributed by atoms with E-state index < -0.39 is 0 Å². The summed E-state index contributed by atoms with van der Waals surface area (Å²) in [5.74, 6) is 0.324. The molecule has 1 fully saturated rings. The third kappa shape index (κ3) is 3.64. The molecule has 1 heterocycles. The van der Waals surface area contributed by atoms with Crippen LogP contribution in [0.2, 0.25) is 5.02 Å². The number of rotatable bonds is 3. The lowest BCUT2D eigenvalue weighted by Crippen LogP contribution is -2.38. The number of nitrogens with zero attached hydrogens (tertiary/aromatic N) is 2. The number of amides is 1. The van der Waals surface area contributed by atoms with Gasteiger partial charge in [-0.15, -0.1) is 0 Å². The molecule has 0 saturated carbocycles. The number of hydrogen-bond acceptors (Lipinski definition) is 3. The number of halogens is 1. The Morgan fingerprint density at radius 3 is 2.70 bits per heavy atom. The Morgan fingerprint density at radius 2 is 2.10 bits per heavy atom. The summed E-state index contributed by atoms with van der Waals surface area (Å²) in [5.41, 5.74) is 0.310. The maximum absolute atomic E-state index is 12.3. The Bertz CT molecular complexity index is 485. The van der Waals surface area contributed by atoms with E-state index in [9.17, 15) is 9.90 Å². The van der Waals surface area contributed by atoms with E-state index in [-0.39, 0.29) is 11.7 Å². The van der Waals surface area contributed by atoms with Gasteiger partial charge in [-0.3, -0.25) is 4.79 Å². The molecule has 0 unspecified atom stereocenters. The SMILES string of the molecule is CN1CCC(CN(C)C(=O)c2ccc(Cl)cc2O)CC1. The molecule has 0 aromatic heterocycles. The molecule has 1 aliphatic heterocycles. The molecule has 1 saturated heterocycles. The Morgan fingerprint density at radius 1 is 1.45 bits per heavy atom. The standard InChI is InChI=1S/C15H21ClN2O2/c1-17-7-5-11(6-8-17)10-18(2)15(20)13-4-3-12(16)9-14(13)19/h3-4,9,11,19H,5-8,10H2,1-2H3. The first-order chi connectivity index (χ1) is 9.47. The highest BCUT2D eigenvalue weighted by atomic mass is 35.5. The van der Waals surface area contributed by atoms with Gasteiger partial charge in [0.2, 0.25) is 0 Å². The topological polar surface area (TPSA) is 43.8 Å². The number of phenolic OH excluding ortho intramolecular Hbond substituents is 1. The Labute approximate surface area is 124 Å². The second-order valence-corrected chi connectivity index (χ2v) is 6.03. The first-order valence-corrected chi connectivity index (χ1v) is 7.27. The lowest BCUT2D eigenvalue weighted by Gasteiger charge is -2.31. The average Bonchev–Trinajstić information content (AvgIpc) is 2.40. The summed E-state index contributed by atoms with van der Waals surface area (Å²) in [6.07, 6.45) is 2.22. The van der Waals surface area contributed by atoms with Crippen molar-refractivity contribution in [2.24, 2.45) is 5.92 Å². The van der Waals surface area contributed by atoms with Crippen LogP contribution >= 0.6 is 11.6 Å². The van der Waals surface area contributed by atoms with Crippen LogP contribution in [0.4, 0.5) is 0 Å². The first kappa shape index (κ1) is 15.1. The van der Waals surface area contributed by atoms with Crippen molar-refractivity contribution in [1.29, 1.82) is 0 Å². The van der Waals surface area contributed by atoms with Crippen molar-refractivity contribution in [3.8, 4) is 5.75 Å². The van der Waals surface area contributed by atoms with E-state index in [0.717, 1.165) is 32.5 Å². The van der Waals surface area contributed by atoms with E-state index in [0.29, 0.717) is 16.5 Å². The number of likely N-dealkylation sites (tertiary alicyclic amines) is 1. The molecule has 5 heteroatoms. The van der Waals surface area contributed by atoms with Crippen LogP contribution < -0.4 is 0 Å². The fraction of sp³-hybridized carbons (Fsp3) is 0.533. The van der Waals surface area contributed by atoms with Crippen LogP contribution in [-0.4, -0.2) is 54.5 Å². The predicted octanol–water partition coefficient (Wildman–Crippen LogP) is 2.46. The van der Waals surface area contributed by atoms with Gasteiger partial charge in [0.1, 0.15) is 5.75 Å². The summed E-state index contributed by atoms with van der Waals surface area (Å²) >= 11 is 5.78. The number of aromatic hydroxyl groups is 1. The molecule has 0 spiro atoms. The maximum Gasteiger partial charge on any atom is 0.257 e. The summed E-state index contributed by atoms with van der Waals surface area (Å²) in [6, 6.07) is 4.60. The Hall–Kier alpha value is -1.26. The molecule has 0 radical (unpaired) electrons. The molecule has 1 aromatic carbocycles. The monoisotopic (exact) mass is 296 g/mol. The van der Waals surface area contributed by atoms with Crippen molar-refractivity contribution in [3.63, 3.8) is 0 Å². The zero-order valence-electron chi connectivity index (χ0n) is 12.0. The zero-order chi connectivity index (χ0) is 14.7. The molecule has 1 aromatic rings. The van der Waals surface area contributed by atoms with Gasteiger partial charge in [0.25, 0.3) is 5.91 Å². The van der Waals surface area contributed by atoms with Crippen LogP contribution in [0.1, 0.15) is 23.2 Å². The molecule has 1 aliphatic rings. The zero-order valence-corrected chi connectivity index (χ0v) is 12.7. The smallest absolute Gasteiger partial charge is 0.257 e. The second-order valence-electron chi connectivity index (χ2n) is 5.59. The molecule has 20 heavy (non-hydrogen) atoms. The molecule has 0 aliphatic carbocycles. The highest BCUT2D eigenvalue weighted by Crippen LogP contribution is 2.24. The van der Waals surface area contributed by atoms with Gasteiger partial charge in [-0.25, -0.2) is 0 Å². The average molecular weight is 297 g/mol. The summed E-state index contributed by atoms with van der Waals surface area (Å²) < 4.78 is 0. The molecule has 0 bridgehead atoms. The largest absolute Gasteiger partial charge is 0.507 e. The quantitative estimate of drug-likeness (QED) is 0.932. The minimum absolute atomic E-state index is 0.0577. The normalized spacial score (nSPS) is 17.1. The van der Waals surface area contributed by atoms with Crippen LogP contribution in [0, 0.1) is 5.92 Å². The molecule has 1 N–H and O–H groups in total. The van der Waals surface area contributed by atoms with Gasteiger partial charge in [-0.05, 0) is 57.1 Å². The van der Waals surface area contributed by atoms with E-state index in [1.54, 1.807) is 24.1 Å². The van der Waals surface area contributed by atoms with Crippen molar-refractivity contribution in [1.82, 2.24) is 9.80 Å². The molecular weight excluding hydrogens is 276 g/mol. The fourth-order valence-corrected chi connectivity index (χ4v) is 2.77. The van der Waals surface area contributed by atoms with Crippen molar-refractivity contribution >= 4 is 17.5 Å². The summed E-state index contributed by atoms with van der Waals surface area (Å²) in [7, 11) is 3.91. The van der Waals surface area contributed by atoms with Crippen LogP contribution in [0.25, 0.3) is 0 Å². The van der Waals surface area contributed by atoms with Gasteiger partial charge in [0.05, 0.1) is 5.56 Å². The molecular formula is C15H21ClN2O2. The van der Waals surface area contributed by atoms with Gasteiger partial charge in [0.15, 0.2) is 0 Å². The summed E-state index contributed by atoms with van der Waals surface area (Å²) in [4.78, 5) is 16.3. The van der Waals surface area contributed by atoms with Crippen LogP contribution in [0.3, 0.4) is 0 Å². The lowest BCUT2D eigenvalue weighted by molar-refractivity contribution is 0.0744. The summed E-state index contributed by atoms with van der Waals surface area (Å²) in [6.45, 7) is 2.90. The Balaban J connectivity index is 1.98. The van der Waals surface area contributed by atoms with Gasteiger partial charge in [0, 0.05) is 18.6 Å². The van der Waals surface area contributed by atoms with Gasteiger partial charge >= 0.3 is 0 Å². The van der Waals surface area contributed by atoms with Crippen molar-refractivity contribution < 1.29 is 9.90 Å². The summed E-state index contributed by atoms with van der Waals surface area (Å²) in [5, 5.41) is 10.2. The van der Waals surface area contributed by atoms with Gasteiger partial charge in [-0.1, -0.05) is 11.6 Å². The molecule has 1 amide bonds. The van der Waals surface area contributed by atoms with E-state index >= 15 is 0 Å². The third-order valence-electron chi connectivity index (χ3n) is 3.91. The lowest BCUT2D eigenvalue weighted by atomic mass is 9.96. The third-order valence-corrected chi connectivity index (χ3v) is 4.14. The number of phenols is 1. The molecule has 0 atom stereocenters. The number of carbonyl (C=O) groups is 1. The highest BCUT2D eigenvalue weighted by Gasteiger charge is 2.22. The van der Waals surface area contributed by atoms with Gasteiger partial charge < -0.3 is 14.9 Å². The number of piperidine rings is 1. The maximum atomic E-state index is 12.3. The van der Waals surface area contributed by atoms with Crippen molar-refractivity contribution in [2.75, 3.05) is 33.7 Å². The van der Waals surface area contributed by atoms with Crippen molar-refractivity contribution in [2.45, 2.75) is 12.8 Å². The van der Waals surface area contributed by atoms with E-state index in [1.807, 2.05) is 0 Å². The highest BCUT2D eigenvalue weighted by molar-refractivity contribution is 6.30. The molecule has 4 nitrogen and oxygen atoms in total.